The molecule has 4 rings (SSSR count). The molecule has 8 nitrogen and oxygen atoms in total. The maximum atomic E-state index is 13.2. The van der Waals surface area contributed by atoms with Crippen LogP contribution in [0.2, 0.25) is 5.02 Å². The molecule has 1 saturated carbocycles. The summed E-state index contributed by atoms with van der Waals surface area (Å²) in [7, 11) is -0.245. The summed E-state index contributed by atoms with van der Waals surface area (Å²) < 4.78 is 73.4. The maximum absolute atomic E-state index is 13.2. The molecule has 13 heteroatoms. The van der Waals surface area contributed by atoms with Gasteiger partial charge in [0.2, 0.25) is 5.88 Å². The first-order chi connectivity index (χ1) is 17.4. The number of halogens is 4. The van der Waals surface area contributed by atoms with Crippen LogP contribution in [0.3, 0.4) is 0 Å². The number of hydrogen-bond donors (Lipinski definition) is 1. The van der Waals surface area contributed by atoms with Crippen LogP contribution in [0.4, 0.5) is 19.0 Å². The van der Waals surface area contributed by atoms with Gasteiger partial charge in [-0.25, -0.2) is 23.4 Å². The highest BCUT2D eigenvalue weighted by Gasteiger charge is 2.36. The summed E-state index contributed by atoms with van der Waals surface area (Å²) in [6.07, 6.45) is 0.752. The second-order valence-corrected chi connectivity index (χ2v) is 11.1. The van der Waals surface area contributed by atoms with Crippen LogP contribution < -0.4 is 9.46 Å². The third-order valence-electron chi connectivity index (χ3n) is 6.28. The van der Waals surface area contributed by atoms with Crippen LogP contribution in [0.5, 0.6) is 5.88 Å². The molecule has 0 bridgehead atoms. The molecule has 37 heavy (non-hydrogen) atoms. The van der Waals surface area contributed by atoms with Gasteiger partial charge in [0, 0.05) is 12.2 Å². The first-order valence-electron chi connectivity index (χ1n) is 11.4. The van der Waals surface area contributed by atoms with Crippen molar-refractivity contribution in [1.82, 2.24) is 19.9 Å². The van der Waals surface area contributed by atoms with Gasteiger partial charge in [-0.15, -0.1) is 0 Å². The van der Waals surface area contributed by atoms with Crippen molar-refractivity contribution in [3.8, 4) is 5.88 Å². The van der Waals surface area contributed by atoms with Crippen LogP contribution in [0.15, 0.2) is 60.0 Å². The number of ether oxygens (including phenoxy) is 1. The Balaban J connectivity index is 1.48. The second kappa shape index (κ2) is 10.8. The van der Waals surface area contributed by atoms with Gasteiger partial charge in [0.25, 0.3) is 10.0 Å². The Labute approximate surface area is 217 Å². The minimum atomic E-state index is -4.40. The molecule has 1 fully saturated rings. The number of nitrogens with zero attached hydrogens (tertiary/aromatic N) is 4. The molecular formula is C24H25ClF3N5O3S. The number of rotatable bonds is 7. The zero-order valence-corrected chi connectivity index (χ0v) is 21.6. The van der Waals surface area contributed by atoms with E-state index in [0.29, 0.717) is 24.8 Å². The predicted molar refractivity (Wildman–Crippen MR) is 132 cm³/mol. The summed E-state index contributed by atoms with van der Waals surface area (Å²) >= 11 is 6.34. The molecule has 0 spiro atoms. The van der Waals surface area contributed by atoms with Crippen LogP contribution in [-0.2, 0) is 16.2 Å². The average Bonchev–Trinajstić information content (AvgIpc) is 2.85. The van der Waals surface area contributed by atoms with Gasteiger partial charge < -0.3 is 9.64 Å². The number of anilines is 1. The SMILES string of the molecule is CN(C)C1CC(c2cccc(C(F)(F)F)c2)CCC1Oc1ncc(S(=O)(=O)Nc2ccncn2)cc1Cl. The summed E-state index contributed by atoms with van der Waals surface area (Å²) in [5, 5.41) is 0.0167. The van der Waals surface area contributed by atoms with Crippen molar-refractivity contribution in [3.63, 3.8) is 0 Å². The third-order valence-corrected chi connectivity index (χ3v) is 7.87. The number of pyridine rings is 1. The summed E-state index contributed by atoms with van der Waals surface area (Å²) in [4.78, 5) is 13.5. The van der Waals surface area contributed by atoms with Gasteiger partial charge in [0.05, 0.1) is 11.8 Å². The quantitative estimate of drug-likeness (QED) is 0.438. The highest BCUT2D eigenvalue weighted by molar-refractivity contribution is 7.92. The lowest BCUT2D eigenvalue weighted by Gasteiger charge is -2.39. The predicted octanol–water partition coefficient (Wildman–Crippen LogP) is 4.99. The lowest BCUT2D eigenvalue weighted by atomic mass is 9.79. The van der Waals surface area contributed by atoms with E-state index >= 15 is 0 Å². The first kappa shape index (κ1) is 27.1. The lowest BCUT2D eigenvalue weighted by molar-refractivity contribution is -0.137. The van der Waals surface area contributed by atoms with Crippen molar-refractivity contribution in [3.05, 3.63) is 71.3 Å². The fourth-order valence-electron chi connectivity index (χ4n) is 4.40. The van der Waals surface area contributed by atoms with E-state index in [1.165, 1.54) is 36.8 Å². The number of sulfonamides is 1. The minimum Gasteiger partial charge on any atom is -0.472 e. The molecule has 1 aliphatic carbocycles. The van der Waals surface area contributed by atoms with Gasteiger partial charge in [-0.2, -0.15) is 13.2 Å². The van der Waals surface area contributed by atoms with Crippen molar-refractivity contribution in [1.29, 1.82) is 0 Å². The highest BCUT2D eigenvalue weighted by Crippen LogP contribution is 2.39. The summed E-state index contributed by atoms with van der Waals surface area (Å²) in [6, 6.07) is 7.96. The Bertz CT molecular complexity index is 1340. The monoisotopic (exact) mass is 555 g/mol. The Hall–Kier alpha value is -2.96. The molecule has 2 heterocycles. The fraction of sp³-hybridized carbons (Fsp3) is 0.375. The molecule has 198 valence electrons. The largest absolute Gasteiger partial charge is 0.472 e. The lowest BCUT2D eigenvalue weighted by Crippen LogP contribution is -2.46. The molecule has 1 aliphatic rings. The zero-order valence-electron chi connectivity index (χ0n) is 20.0. The van der Waals surface area contributed by atoms with Crippen molar-refractivity contribution < 1.29 is 26.3 Å². The summed E-state index contributed by atoms with van der Waals surface area (Å²) in [5.74, 6) is 0.105. The molecule has 0 aliphatic heterocycles. The van der Waals surface area contributed by atoms with Gasteiger partial charge in [-0.1, -0.05) is 29.8 Å². The van der Waals surface area contributed by atoms with Gasteiger partial charge >= 0.3 is 6.18 Å². The molecule has 0 amide bonds. The smallest absolute Gasteiger partial charge is 0.416 e. The Kier molecular flexibility index (Phi) is 7.91. The average molecular weight is 556 g/mol. The topological polar surface area (TPSA) is 97.3 Å². The molecule has 3 unspecified atom stereocenters. The number of hydrogen-bond acceptors (Lipinski definition) is 7. The van der Waals surface area contributed by atoms with Gasteiger partial charge in [-0.3, -0.25) is 4.72 Å². The number of alkyl halides is 3. The summed E-state index contributed by atoms with van der Waals surface area (Å²) in [5.41, 5.74) is -0.0213. The van der Waals surface area contributed by atoms with Crippen molar-refractivity contribution in [2.24, 2.45) is 0 Å². The van der Waals surface area contributed by atoms with E-state index in [1.54, 1.807) is 6.07 Å². The van der Waals surface area contributed by atoms with E-state index in [2.05, 4.69) is 19.7 Å². The van der Waals surface area contributed by atoms with E-state index in [1.807, 2.05) is 19.0 Å². The summed E-state index contributed by atoms with van der Waals surface area (Å²) in [6.45, 7) is 0. The van der Waals surface area contributed by atoms with Crippen molar-refractivity contribution in [2.75, 3.05) is 18.8 Å². The molecule has 0 saturated heterocycles. The van der Waals surface area contributed by atoms with Crippen LogP contribution in [0.1, 0.15) is 36.3 Å². The van der Waals surface area contributed by atoms with E-state index in [4.69, 9.17) is 16.3 Å². The molecule has 1 N–H and O–H groups in total. The Morgan fingerprint density at radius 2 is 1.92 bits per heavy atom. The highest BCUT2D eigenvalue weighted by atomic mass is 35.5. The van der Waals surface area contributed by atoms with Gasteiger partial charge in [0.15, 0.2) is 0 Å². The van der Waals surface area contributed by atoms with E-state index < -0.39 is 21.8 Å². The maximum Gasteiger partial charge on any atom is 0.416 e. The second-order valence-electron chi connectivity index (χ2n) is 8.98. The fourth-order valence-corrected chi connectivity index (χ4v) is 5.66. The standard InChI is InChI=1S/C24H25ClF3N5O3S/c1-33(2)20-11-16(15-4-3-5-17(10-15)24(26,27)28)6-7-21(20)36-23-19(25)12-18(13-30-23)37(34,35)32-22-8-9-29-14-31-22/h3-5,8-10,12-14,16,20-21H,6-7,11H2,1-2H3,(H,29,31,32). The van der Waals surface area contributed by atoms with Crippen molar-refractivity contribution in [2.45, 2.75) is 48.4 Å². The molecule has 1 aromatic carbocycles. The van der Waals surface area contributed by atoms with Crippen LogP contribution in [0, 0.1) is 0 Å². The molecule has 3 aromatic rings. The van der Waals surface area contributed by atoms with Crippen molar-refractivity contribution >= 4 is 27.4 Å². The van der Waals surface area contributed by atoms with Gasteiger partial charge in [-0.05, 0) is 63.0 Å². The molecule has 2 aromatic heterocycles. The van der Waals surface area contributed by atoms with Crippen LogP contribution in [-0.4, -0.2) is 54.5 Å². The Morgan fingerprint density at radius 3 is 2.57 bits per heavy atom. The minimum absolute atomic E-state index is 0.0167. The Morgan fingerprint density at radius 1 is 1.14 bits per heavy atom. The molecule has 0 radical (unpaired) electrons. The van der Waals surface area contributed by atoms with Crippen LogP contribution in [0.25, 0.3) is 0 Å². The number of aromatic nitrogens is 3. The van der Waals surface area contributed by atoms with E-state index in [0.717, 1.165) is 12.3 Å². The van der Waals surface area contributed by atoms with Crippen LogP contribution >= 0.6 is 11.6 Å². The number of benzene rings is 1. The molecule has 3 atom stereocenters. The zero-order chi connectivity index (χ0) is 26.8. The van der Waals surface area contributed by atoms with Gasteiger partial charge in [0.1, 0.15) is 28.2 Å². The third kappa shape index (κ3) is 6.49. The normalized spacial score (nSPS) is 20.6. The first-order valence-corrected chi connectivity index (χ1v) is 13.2. The van der Waals surface area contributed by atoms with E-state index in [9.17, 15) is 21.6 Å². The number of likely N-dealkylation sites (N-methyl/N-ethyl adjacent to an activating group) is 1. The van der Waals surface area contributed by atoms with E-state index in [-0.39, 0.29) is 39.7 Å². The molecular weight excluding hydrogens is 531 g/mol. The number of nitrogens with one attached hydrogen (secondary N) is 1.